The number of benzene rings is 2. The van der Waals surface area contributed by atoms with Gasteiger partial charge in [-0.2, -0.15) is 0 Å². The van der Waals surface area contributed by atoms with Gasteiger partial charge in [0, 0.05) is 10.6 Å². The molecule has 0 spiro atoms. The number of methoxy groups -OCH3 is 1. The zero-order valence-corrected chi connectivity index (χ0v) is 21.9. The fourth-order valence-corrected chi connectivity index (χ4v) is 5.16. The molecule has 2 heterocycles. The molecule has 1 atom stereocenters. The van der Waals surface area contributed by atoms with Gasteiger partial charge >= 0.3 is 11.9 Å². The highest BCUT2D eigenvalue weighted by Crippen LogP contribution is 2.44. The number of thiazole rings is 1. The predicted molar refractivity (Wildman–Crippen MR) is 141 cm³/mol. The molecule has 1 aliphatic rings. The van der Waals surface area contributed by atoms with Crippen LogP contribution in [0.4, 0.5) is 5.13 Å². The highest BCUT2D eigenvalue weighted by molar-refractivity contribution is 7.17. The van der Waals surface area contributed by atoms with Crippen LogP contribution in [0.2, 0.25) is 5.02 Å². The third-order valence-corrected chi connectivity index (χ3v) is 7.19. The van der Waals surface area contributed by atoms with Crippen molar-refractivity contribution in [3.63, 3.8) is 0 Å². The summed E-state index contributed by atoms with van der Waals surface area (Å²) in [5.41, 5.74) is 1.83. The summed E-state index contributed by atoms with van der Waals surface area (Å²) in [6, 6.07) is 10.5. The molecule has 2 aromatic carbocycles. The van der Waals surface area contributed by atoms with Gasteiger partial charge in [0.15, 0.2) is 5.13 Å². The Balaban J connectivity index is 1.89. The first-order valence-electron chi connectivity index (χ1n) is 11.1. The largest absolute Gasteiger partial charge is 0.507 e. The highest BCUT2D eigenvalue weighted by atomic mass is 35.5. The number of ether oxygens (including phenoxy) is 2. The first kappa shape index (κ1) is 26.1. The number of aryl methyl sites for hydroxylation is 2. The molecule has 1 unspecified atom stereocenters. The molecule has 3 aromatic rings. The Hall–Kier alpha value is -3.95. The van der Waals surface area contributed by atoms with Crippen molar-refractivity contribution in [3.05, 3.63) is 93.0 Å². The number of aromatic nitrogens is 1. The zero-order valence-electron chi connectivity index (χ0n) is 20.3. The summed E-state index contributed by atoms with van der Waals surface area (Å²) < 4.78 is 10.4. The topological polar surface area (TPSA) is 106 Å². The molecule has 37 heavy (non-hydrogen) atoms. The number of carbonyl (C=O) groups excluding carboxylic acids is 3. The van der Waals surface area contributed by atoms with E-state index < -0.39 is 23.7 Å². The average Bonchev–Trinajstić information content (AvgIpc) is 3.39. The van der Waals surface area contributed by atoms with Crippen molar-refractivity contribution in [2.45, 2.75) is 19.9 Å². The van der Waals surface area contributed by atoms with E-state index in [0.717, 1.165) is 16.9 Å². The molecule has 0 saturated carbocycles. The molecule has 10 heteroatoms. The number of aliphatic hydroxyl groups excluding tert-OH is 1. The molecular weight excluding hydrogens is 516 g/mol. The van der Waals surface area contributed by atoms with Crippen molar-refractivity contribution in [1.82, 2.24) is 4.98 Å². The third-order valence-electron chi connectivity index (χ3n) is 5.80. The molecule has 0 radical (unpaired) electrons. The summed E-state index contributed by atoms with van der Waals surface area (Å²) in [4.78, 5) is 44.6. The first-order chi connectivity index (χ1) is 17.7. The van der Waals surface area contributed by atoms with Crippen LogP contribution in [0.1, 0.15) is 38.1 Å². The van der Waals surface area contributed by atoms with E-state index in [4.69, 9.17) is 21.1 Å². The van der Waals surface area contributed by atoms with Gasteiger partial charge in [-0.3, -0.25) is 14.5 Å². The fraction of sp³-hybridized carbons (Fsp3) is 0.185. The van der Waals surface area contributed by atoms with Crippen LogP contribution in [0.15, 0.2) is 60.7 Å². The predicted octanol–water partition coefficient (Wildman–Crippen LogP) is 5.39. The molecule has 1 N–H and O–H groups in total. The number of hydrogen-bond acceptors (Lipinski definition) is 8. The molecule has 1 fully saturated rings. The molecule has 8 nitrogen and oxygen atoms in total. The number of anilines is 1. The number of esters is 1. The first-order valence-corrected chi connectivity index (χ1v) is 12.3. The molecular formula is C27H23ClN2O6S. The van der Waals surface area contributed by atoms with Crippen LogP contribution in [-0.2, 0) is 14.3 Å². The number of nitrogens with zero attached hydrogens (tertiary/aromatic N) is 2. The number of carbonyl (C=O) groups is 3. The summed E-state index contributed by atoms with van der Waals surface area (Å²) in [7, 11) is 1.25. The van der Waals surface area contributed by atoms with Crippen molar-refractivity contribution in [2.24, 2.45) is 0 Å². The lowest BCUT2D eigenvalue weighted by molar-refractivity contribution is -0.132. The van der Waals surface area contributed by atoms with E-state index in [1.807, 2.05) is 0 Å². The van der Waals surface area contributed by atoms with Crippen molar-refractivity contribution < 1.29 is 29.0 Å². The maximum absolute atomic E-state index is 13.3. The van der Waals surface area contributed by atoms with E-state index in [0.29, 0.717) is 34.2 Å². The van der Waals surface area contributed by atoms with Crippen LogP contribution in [0, 0.1) is 13.8 Å². The molecule has 4 rings (SSSR count). The molecule has 1 saturated heterocycles. The Labute approximate surface area is 222 Å². The van der Waals surface area contributed by atoms with E-state index in [1.54, 1.807) is 62.4 Å². The second-order valence-corrected chi connectivity index (χ2v) is 9.62. The molecule has 190 valence electrons. The van der Waals surface area contributed by atoms with E-state index >= 15 is 0 Å². The quantitative estimate of drug-likeness (QED) is 0.141. The van der Waals surface area contributed by atoms with Crippen molar-refractivity contribution in [3.8, 4) is 5.75 Å². The summed E-state index contributed by atoms with van der Waals surface area (Å²) in [6.45, 7) is 7.36. The zero-order chi connectivity index (χ0) is 26.9. The Kier molecular flexibility index (Phi) is 7.47. The number of rotatable bonds is 7. The van der Waals surface area contributed by atoms with Gasteiger partial charge in [0.25, 0.3) is 5.78 Å². The van der Waals surface area contributed by atoms with Crippen LogP contribution in [0.5, 0.6) is 5.75 Å². The van der Waals surface area contributed by atoms with E-state index in [9.17, 15) is 19.5 Å². The van der Waals surface area contributed by atoms with Gasteiger partial charge in [0.05, 0.1) is 24.4 Å². The van der Waals surface area contributed by atoms with E-state index in [2.05, 4.69) is 11.6 Å². The van der Waals surface area contributed by atoms with Crippen molar-refractivity contribution >= 4 is 51.5 Å². The monoisotopic (exact) mass is 538 g/mol. The molecule has 1 aliphatic heterocycles. The standard InChI is InChI=1S/C27H23ClN2O6S/c1-5-12-36-19-11-8-17(13-14(19)2)22(31)20-21(16-6-9-18(28)10-7-16)30(25(33)23(20)32)27-29-15(3)24(37-27)26(34)35-4/h5-11,13,21,31H,1,12H2,2-4H3/b22-20+. The maximum atomic E-state index is 13.3. The van der Waals surface area contributed by atoms with E-state index in [1.165, 1.54) is 12.0 Å². The number of amides is 1. The number of Topliss-reactive ketones (excluding diaryl/α,β-unsaturated/α-hetero) is 1. The lowest BCUT2D eigenvalue weighted by Crippen LogP contribution is -2.29. The van der Waals surface area contributed by atoms with Crippen molar-refractivity contribution in [2.75, 3.05) is 18.6 Å². The normalized spacial score (nSPS) is 16.6. The Bertz CT molecular complexity index is 1440. The minimum Gasteiger partial charge on any atom is -0.507 e. The third kappa shape index (κ3) is 4.87. The van der Waals surface area contributed by atoms with Gasteiger partial charge in [0.1, 0.15) is 23.0 Å². The molecule has 0 aliphatic carbocycles. The van der Waals surface area contributed by atoms with Crippen LogP contribution in [-0.4, -0.2) is 41.5 Å². The van der Waals surface area contributed by atoms with Gasteiger partial charge in [-0.1, -0.05) is 47.7 Å². The van der Waals surface area contributed by atoms with Crippen LogP contribution in [0.25, 0.3) is 5.76 Å². The Morgan fingerprint density at radius 3 is 2.54 bits per heavy atom. The second kappa shape index (κ2) is 10.6. The maximum Gasteiger partial charge on any atom is 0.350 e. The smallest absolute Gasteiger partial charge is 0.350 e. The molecule has 0 bridgehead atoms. The molecule has 1 aromatic heterocycles. The summed E-state index contributed by atoms with van der Waals surface area (Å²) in [6.07, 6.45) is 1.62. The van der Waals surface area contributed by atoms with Gasteiger partial charge in [-0.05, 0) is 55.3 Å². The van der Waals surface area contributed by atoms with Crippen LogP contribution >= 0.6 is 22.9 Å². The van der Waals surface area contributed by atoms with Gasteiger partial charge in [-0.15, -0.1) is 0 Å². The fourth-order valence-electron chi connectivity index (χ4n) is 4.02. The van der Waals surface area contributed by atoms with Gasteiger partial charge < -0.3 is 14.6 Å². The summed E-state index contributed by atoms with van der Waals surface area (Å²) >= 11 is 7.01. The number of ketones is 1. The summed E-state index contributed by atoms with van der Waals surface area (Å²) in [5, 5.41) is 11.9. The average molecular weight is 539 g/mol. The number of halogens is 1. The number of hydrogen-bond donors (Lipinski definition) is 1. The van der Waals surface area contributed by atoms with E-state index in [-0.39, 0.29) is 21.3 Å². The van der Waals surface area contributed by atoms with Gasteiger partial charge in [-0.25, -0.2) is 9.78 Å². The SMILES string of the molecule is C=CCOc1ccc(/C(O)=C2\C(=O)C(=O)N(c3nc(C)c(C(=O)OC)s3)C2c2ccc(Cl)cc2)cc1C. The van der Waals surface area contributed by atoms with Crippen LogP contribution in [0.3, 0.4) is 0 Å². The minimum atomic E-state index is -1.01. The van der Waals surface area contributed by atoms with Crippen molar-refractivity contribution in [1.29, 1.82) is 0 Å². The Morgan fingerprint density at radius 1 is 1.22 bits per heavy atom. The number of aliphatic hydroxyl groups is 1. The second-order valence-electron chi connectivity index (χ2n) is 8.20. The van der Waals surface area contributed by atoms with Crippen LogP contribution < -0.4 is 9.64 Å². The lowest BCUT2D eigenvalue weighted by atomic mass is 9.95. The molecule has 1 amide bonds. The Morgan fingerprint density at radius 2 is 1.92 bits per heavy atom. The lowest BCUT2D eigenvalue weighted by Gasteiger charge is -2.23. The summed E-state index contributed by atoms with van der Waals surface area (Å²) in [5.74, 6) is -2.11. The van der Waals surface area contributed by atoms with Gasteiger partial charge in [0.2, 0.25) is 0 Å². The highest BCUT2D eigenvalue weighted by Gasteiger charge is 2.48. The minimum absolute atomic E-state index is 0.112.